The summed E-state index contributed by atoms with van der Waals surface area (Å²) in [6, 6.07) is 45.4. The molecule has 0 saturated carbocycles. The number of nitrogens with zero attached hydrogens (tertiary/aromatic N) is 1. The van der Waals surface area contributed by atoms with Crippen molar-refractivity contribution in [1.29, 1.82) is 0 Å². The number of benzene rings is 6. The molecule has 0 unspecified atom stereocenters. The Labute approximate surface area is 248 Å². The summed E-state index contributed by atoms with van der Waals surface area (Å²) >= 11 is 0. The Bertz CT molecular complexity index is 1950. The summed E-state index contributed by atoms with van der Waals surface area (Å²) in [5.74, 6) is 0.825. The van der Waals surface area contributed by atoms with Crippen molar-refractivity contribution in [1.82, 2.24) is 0 Å². The van der Waals surface area contributed by atoms with Crippen LogP contribution in [0.4, 0.5) is 17.1 Å². The summed E-state index contributed by atoms with van der Waals surface area (Å²) in [6.07, 6.45) is 7.92. The van der Waals surface area contributed by atoms with Gasteiger partial charge in [0.1, 0.15) is 5.75 Å². The quantitative estimate of drug-likeness (QED) is 0.177. The lowest BCUT2D eigenvalue weighted by Gasteiger charge is -2.31. The van der Waals surface area contributed by atoms with E-state index in [1.807, 2.05) is 24.3 Å². The van der Waals surface area contributed by atoms with Crippen molar-refractivity contribution < 1.29 is 4.74 Å². The monoisotopic (exact) mass is 543 g/mol. The van der Waals surface area contributed by atoms with Crippen LogP contribution in [-0.4, -0.2) is 7.11 Å². The molecule has 0 N–H and O–H groups in total. The molecule has 42 heavy (non-hydrogen) atoms. The molecule has 0 heterocycles. The number of fused-ring (bicyclic) bond motifs is 2. The summed E-state index contributed by atoms with van der Waals surface area (Å²) in [5.41, 5.74) is 7.94. The van der Waals surface area contributed by atoms with E-state index in [0.29, 0.717) is 0 Å². The first-order valence-electron chi connectivity index (χ1n) is 14.2. The third-order valence-electron chi connectivity index (χ3n) is 7.68. The van der Waals surface area contributed by atoms with Gasteiger partial charge in [-0.25, -0.2) is 0 Å². The van der Waals surface area contributed by atoms with Gasteiger partial charge in [0.2, 0.25) is 0 Å². The van der Waals surface area contributed by atoms with Crippen molar-refractivity contribution in [2.24, 2.45) is 0 Å². The maximum absolute atomic E-state index is 5.53. The Morgan fingerprint density at radius 3 is 2.14 bits per heavy atom. The van der Waals surface area contributed by atoms with Gasteiger partial charge in [0.25, 0.3) is 0 Å². The zero-order chi connectivity index (χ0) is 28.9. The number of ether oxygens (including phenoxy) is 1. The van der Waals surface area contributed by atoms with Crippen molar-refractivity contribution in [2.75, 3.05) is 12.0 Å². The Kier molecular flexibility index (Phi) is 7.70. The molecule has 0 aromatic heterocycles. The number of anilines is 3. The molecule has 6 rings (SSSR count). The van der Waals surface area contributed by atoms with E-state index in [9.17, 15) is 0 Å². The lowest BCUT2D eigenvalue weighted by molar-refractivity contribution is 0.415. The summed E-state index contributed by atoms with van der Waals surface area (Å²) < 4.78 is 5.53. The van der Waals surface area contributed by atoms with Gasteiger partial charge in [-0.2, -0.15) is 0 Å². The molecule has 204 valence electrons. The number of rotatable bonds is 8. The fourth-order valence-corrected chi connectivity index (χ4v) is 5.60. The lowest BCUT2D eigenvalue weighted by Crippen LogP contribution is -2.13. The fourth-order valence-electron chi connectivity index (χ4n) is 5.60. The molecular formula is C40H33NO. The van der Waals surface area contributed by atoms with Gasteiger partial charge >= 0.3 is 0 Å². The van der Waals surface area contributed by atoms with Gasteiger partial charge in [0.15, 0.2) is 0 Å². The van der Waals surface area contributed by atoms with Crippen molar-refractivity contribution in [3.8, 4) is 16.9 Å². The minimum absolute atomic E-state index is 0.825. The predicted molar refractivity (Wildman–Crippen MR) is 181 cm³/mol. The van der Waals surface area contributed by atoms with Gasteiger partial charge in [0, 0.05) is 16.8 Å². The van der Waals surface area contributed by atoms with E-state index in [1.165, 1.54) is 32.7 Å². The molecule has 0 aliphatic rings. The van der Waals surface area contributed by atoms with Crippen molar-refractivity contribution in [2.45, 2.75) is 6.92 Å². The molecule has 0 atom stereocenters. The second-order valence-electron chi connectivity index (χ2n) is 10.3. The van der Waals surface area contributed by atoms with Crippen LogP contribution in [0.1, 0.15) is 12.5 Å². The molecule has 0 aliphatic carbocycles. The summed E-state index contributed by atoms with van der Waals surface area (Å²) in [5, 5.41) is 4.87. The van der Waals surface area contributed by atoms with E-state index in [2.05, 4.69) is 140 Å². The normalized spacial score (nSPS) is 11.7. The van der Waals surface area contributed by atoms with E-state index in [0.717, 1.165) is 33.9 Å². The predicted octanol–water partition coefficient (Wildman–Crippen LogP) is 11.3. The van der Waals surface area contributed by atoms with Crippen molar-refractivity contribution in [3.05, 3.63) is 164 Å². The van der Waals surface area contributed by atoms with Crippen LogP contribution in [0.25, 0.3) is 38.2 Å². The minimum Gasteiger partial charge on any atom is -0.497 e. The van der Waals surface area contributed by atoms with Crippen LogP contribution < -0.4 is 9.64 Å². The number of allylic oxidation sites excluding steroid dienone is 5. The summed E-state index contributed by atoms with van der Waals surface area (Å²) in [6.45, 7) is 5.97. The van der Waals surface area contributed by atoms with Crippen LogP contribution in [0, 0.1) is 0 Å². The zero-order valence-electron chi connectivity index (χ0n) is 24.0. The molecule has 2 heteroatoms. The number of hydrogen-bond acceptors (Lipinski definition) is 2. The molecule has 0 radical (unpaired) electrons. The van der Waals surface area contributed by atoms with Crippen molar-refractivity contribution >= 4 is 44.2 Å². The molecule has 0 fully saturated rings. The highest BCUT2D eigenvalue weighted by Gasteiger charge is 2.22. The molecule has 0 saturated heterocycles. The van der Waals surface area contributed by atoms with Crippen LogP contribution in [0.15, 0.2) is 158 Å². The Morgan fingerprint density at radius 2 is 1.36 bits per heavy atom. The molecule has 0 bridgehead atoms. The maximum Gasteiger partial charge on any atom is 0.119 e. The SMILES string of the molecule is C=C/C=C\C=C(/C)c1ccccc1N(c1ccc(OC)cc1)c1ccc2ccccc2c1-c1ccc2ccccc2c1. The van der Waals surface area contributed by atoms with Crippen LogP contribution in [0.5, 0.6) is 5.75 Å². The van der Waals surface area contributed by atoms with E-state index < -0.39 is 0 Å². The van der Waals surface area contributed by atoms with E-state index in [1.54, 1.807) is 13.2 Å². The Balaban J connectivity index is 1.67. The lowest BCUT2D eigenvalue weighted by atomic mass is 9.93. The molecule has 0 spiro atoms. The van der Waals surface area contributed by atoms with Gasteiger partial charge in [-0.15, -0.1) is 0 Å². The largest absolute Gasteiger partial charge is 0.497 e. The van der Waals surface area contributed by atoms with E-state index in [4.69, 9.17) is 4.74 Å². The van der Waals surface area contributed by atoms with Crippen LogP contribution >= 0.6 is 0 Å². The highest BCUT2D eigenvalue weighted by molar-refractivity contribution is 6.07. The van der Waals surface area contributed by atoms with Crippen LogP contribution in [-0.2, 0) is 0 Å². The van der Waals surface area contributed by atoms with E-state index >= 15 is 0 Å². The first-order chi connectivity index (χ1) is 20.7. The first-order valence-corrected chi connectivity index (χ1v) is 14.2. The van der Waals surface area contributed by atoms with Gasteiger partial charge in [0.05, 0.1) is 18.5 Å². The van der Waals surface area contributed by atoms with Gasteiger partial charge in [-0.3, -0.25) is 0 Å². The second kappa shape index (κ2) is 12.0. The highest BCUT2D eigenvalue weighted by Crippen LogP contribution is 2.46. The number of hydrogen-bond donors (Lipinski definition) is 0. The Morgan fingerprint density at radius 1 is 0.667 bits per heavy atom. The fraction of sp³-hybridized carbons (Fsp3) is 0.0500. The summed E-state index contributed by atoms with van der Waals surface area (Å²) in [4.78, 5) is 2.38. The smallest absolute Gasteiger partial charge is 0.119 e. The summed E-state index contributed by atoms with van der Waals surface area (Å²) in [7, 11) is 1.70. The molecule has 6 aromatic rings. The standard InChI is InChI=1S/C40H33NO/c1-4-5-6-13-29(2)36-17-11-12-19-38(36)41(34-23-25-35(42-3)26-24-34)39-27-22-31-15-9-10-18-37(31)40(39)33-21-20-30-14-7-8-16-32(30)28-33/h4-28H,1H2,2-3H3/b6-5-,29-13+. The zero-order valence-corrected chi connectivity index (χ0v) is 24.0. The Hall–Kier alpha value is -5.34. The van der Waals surface area contributed by atoms with E-state index in [-0.39, 0.29) is 0 Å². The van der Waals surface area contributed by atoms with Gasteiger partial charge in [-0.1, -0.05) is 116 Å². The highest BCUT2D eigenvalue weighted by atomic mass is 16.5. The third kappa shape index (κ3) is 5.23. The molecule has 0 amide bonds. The van der Waals surface area contributed by atoms with Crippen LogP contribution in [0.3, 0.4) is 0 Å². The maximum atomic E-state index is 5.53. The average molecular weight is 544 g/mol. The molecule has 6 aromatic carbocycles. The first kappa shape index (κ1) is 26.9. The van der Waals surface area contributed by atoms with Gasteiger partial charge < -0.3 is 9.64 Å². The average Bonchev–Trinajstić information content (AvgIpc) is 3.05. The second-order valence-corrected chi connectivity index (χ2v) is 10.3. The molecule has 0 aliphatic heterocycles. The topological polar surface area (TPSA) is 12.5 Å². The number of para-hydroxylation sites is 1. The number of methoxy groups -OCH3 is 1. The molecular weight excluding hydrogens is 510 g/mol. The van der Waals surface area contributed by atoms with Crippen LogP contribution in [0.2, 0.25) is 0 Å². The third-order valence-corrected chi connectivity index (χ3v) is 7.68. The van der Waals surface area contributed by atoms with Crippen molar-refractivity contribution in [3.63, 3.8) is 0 Å². The minimum atomic E-state index is 0.825. The molecule has 2 nitrogen and oxygen atoms in total. The van der Waals surface area contributed by atoms with Gasteiger partial charge in [-0.05, 0) is 82.1 Å².